The molecule has 3 heterocycles. The standard InChI is InChI=1S/C11H21N.ClH/c1-10(2,3)11-4-7-12(8-5-11)9-6-11;/h4-9H2,1-3H3;1H. The molecule has 3 saturated heterocycles. The molecule has 13 heavy (non-hydrogen) atoms. The van der Waals surface area contributed by atoms with Gasteiger partial charge in [0.05, 0.1) is 19.6 Å². The van der Waals surface area contributed by atoms with Gasteiger partial charge in [0.15, 0.2) is 0 Å². The van der Waals surface area contributed by atoms with E-state index in [0.29, 0.717) is 10.8 Å². The van der Waals surface area contributed by atoms with Crippen molar-refractivity contribution >= 4 is 0 Å². The molecule has 3 aliphatic heterocycles. The van der Waals surface area contributed by atoms with Crippen LogP contribution < -0.4 is 17.3 Å². The normalized spacial score (nSPS) is 38.5. The van der Waals surface area contributed by atoms with E-state index in [1.807, 2.05) is 4.90 Å². The first-order valence-electron chi connectivity index (χ1n) is 5.37. The van der Waals surface area contributed by atoms with Crippen LogP contribution >= 0.6 is 0 Å². The fourth-order valence-electron chi connectivity index (χ4n) is 3.12. The fourth-order valence-corrected chi connectivity index (χ4v) is 3.12. The maximum Gasteiger partial charge on any atom is 0.0776 e. The van der Waals surface area contributed by atoms with Gasteiger partial charge in [-0.25, -0.2) is 0 Å². The van der Waals surface area contributed by atoms with E-state index in [0.717, 1.165) is 0 Å². The van der Waals surface area contributed by atoms with Gasteiger partial charge in [0, 0.05) is 19.3 Å². The molecule has 1 N–H and O–H groups in total. The molecule has 78 valence electrons. The maximum absolute atomic E-state index is 2.43. The second-order valence-corrected chi connectivity index (χ2v) is 5.78. The number of quaternary nitrogens is 1. The molecule has 0 aliphatic carbocycles. The molecular formula is C11H22ClN. The lowest BCUT2D eigenvalue weighted by molar-refractivity contribution is -0.920. The summed E-state index contributed by atoms with van der Waals surface area (Å²) in [5.41, 5.74) is 1.24. The SMILES string of the molecule is CC(C)(C)C12CC[NH+](CC1)CC2.[Cl-]. The van der Waals surface area contributed by atoms with Gasteiger partial charge in [0.1, 0.15) is 0 Å². The van der Waals surface area contributed by atoms with Crippen LogP contribution in [0.2, 0.25) is 0 Å². The number of hydrogen-bond donors (Lipinski definition) is 1. The minimum Gasteiger partial charge on any atom is -1.00 e. The zero-order chi connectivity index (χ0) is 8.82. The number of rotatable bonds is 0. The Morgan fingerprint density at radius 2 is 1.31 bits per heavy atom. The highest BCUT2D eigenvalue weighted by Gasteiger charge is 2.49. The molecule has 0 radical (unpaired) electrons. The summed E-state index contributed by atoms with van der Waals surface area (Å²) in [4.78, 5) is 1.86. The summed E-state index contributed by atoms with van der Waals surface area (Å²) >= 11 is 0. The van der Waals surface area contributed by atoms with Crippen molar-refractivity contribution in [3.05, 3.63) is 0 Å². The van der Waals surface area contributed by atoms with E-state index in [1.54, 1.807) is 0 Å². The van der Waals surface area contributed by atoms with Crippen LogP contribution in [0.4, 0.5) is 0 Å². The van der Waals surface area contributed by atoms with Gasteiger partial charge in [0.25, 0.3) is 0 Å². The molecule has 3 fully saturated rings. The zero-order valence-corrected chi connectivity index (χ0v) is 9.88. The molecule has 2 bridgehead atoms. The van der Waals surface area contributed by atoms with Crippen molar-refractivity contribution in [2.75, 3.05) is 19.6 Å². The smallest absolute Gasteiger partial charge is 0.0776 e. The van der Waals surface area contributed by atoms with E-state index >= 15 is 0 Å². The van der Waals surface area contributed by atoms with Crippen molar-refractivity contribution < 1.29 is 17.3 Å². The Hall–Kier alpha value is 0.250. The minimum absolute atomic E-state index is 0. The summed E-state index contributed by atoms with van der Waals surface area (Å²) in [6.07, 6.45) is 4.43. The van der Waals surface area contributed by atoms with Crippen LogP contribution in [0.25, 0.3) is 0 Å². The molecule has 0 aromatic rings. The van der Waals surface area contributed by atoms with E-state index in [-0.39, 0.29) is 12.4 Å². The van der Waals surface area contributed by atoms with Crippen molar-refractivity contribution in [3.8, 4) is 0 Å². The first-order chi connectivity index (χ1) is 5.54. The third-order valence-electron chi connectivity index (χ3n) is 4.46. The molecule has 0 atom stereocenters. The minimum atomic E-state index is 0. The molecule has 3 aliphatic rings. The largest absolute Gasteiger partial charge is 1.00 e. The van der Waals surface area contributed by atoms with Crippen molar-refractivity contribution in [1.29, 1.82) is 0 Å². The molecule has 0 spiro atoms. The Morgan fingerprint density at radius 3 is 1.54 bits per heavy atom. The van der Waals surface area contributed by atoms with E-state index in [2.05, 4.69) is 20.8 Å². The zero-order valence-electron chi connectivity index (χ0n) is 9.12. The summed E-state index contributed by atoms with van der Waals surface area (Å²) in [6, 6.07) is 0. The van der Waals surface area contributed by atoms with Crippen molar-refractivity contribution in [2.24, 2.45) is 10.8 Å². The van der Waals surface area contributed by atoms with E-state index in [1.165, 1.54) is 38.9 Å². The molecule has 0 amide bonds. The Kier molecular flexibility index (Phi) is 2.99. The Bertz CT molecular complexity index is 161. The highest BCUT2D eigenvalue weighted by molar-refractivity contribution is 4.93. The van der Waals surface area contributed by atoms with Gasteiger partial charge in [-0.05, 0) is 10.8 Å². The van der Waals surface area contributed by atoms with Crippen molar-refractivity contribution in [3.63, 3.8) is 0 Å². The fraction of sp³-hybridized carbons (Fsp3) is 1.00. The van der Waals surface area contributed by atoms with E-state index in [4.69, 9.17) is 0 Å². The van der Waals surface area contributed by atoms with E-state index < -0.39 is 0 Å². The molecular weight excluding hydrogens is 182 g/mol. The van der Waals surface area contributed by atoms with Crippen LogP contribution in [0, 0.1) is 10.8 Å². The third-order valence-corrected chi connectivity index (χ3v) is 4.46. The van der Waals surface area contributed by atoms with Gasteiger partial charge in [0.2, 0.25) is 0 Å². The van der Waals surface area contributed by atoms with Gasteiger partial charge in [-0.15, -0.1) is 0 Å². The second kappa shape index (κ2) is 3.43. The Labute approximate surface area is 88.3 Å². The number of piperidine rings is 3. The summed E-state index contributed by atoms with van der Waals surface area (Å²) in [6.45, 7) is 11.6. The average Bonchev–Trinajstić information content (AvgIpc) is 2.06. The molecule has 3 rings (SSSR count). The highest BCUT2D eigenvalue weighted by atomic mass is 35.5. The maximum atomic E-state index is 2.43. The van der Waals surface area contributed by atoms with Gasteiger partial charge in [-0.2, -0.15) is 0 Å². The quantitative estimate of drug-likeness (QED) is 0.470. The average molecular weight is 204 g/mol. The number of nitrogens with one attached hydrogen (secondary N) is 1. The Balaban J connectivity index is 0.000000845. The van der Waals surface area contributed by atoms with Gasteiger partial charge < -0.3 is 17.3 Å². The lowest BCUT2D eigenvalue weighted by Crippen LogP contribution is -3.15. The number of halogens is 1. The molecule has 1 nitrogen and oxygen atoms in total. The number of hydrogen-bond acceptors (Lipinski definition) is 0. The molecule has 0 aromatic heterocycles. The van der Waals surface area contributed by atoms with Crippen LogP contribution in [-0.2, 0) is 0 Å². The lowest BCUT2D eigenvalue weighted by atomic mass is 9.58. The Morgan fingerprint density at radius 1 is 0.923 bits per heavy atom. The predicted octanol–water partition coefficient (Wildman–Crippen LogP) is -1.89. The van der Waals surface area contributed by atoms with Crippen molar-refractivity contribution in [2.45, 2.75) is 40.0 Å². The monoisotopic (exact) mass is 203 g/mol. The lowest BCUT2D eigenvalue weighted by Gasteiger charge is -2.53. The summed E-state index contributed by atoms with van der Waals surface area (Å²) < 4.78 is 0. The van der Waals surface area contributed by atoms with Gasteiger partial charge in [-0.3, -0.25) is 0 Å². The van der Waals surface area contributed by atoms with Crippen LogP contribution in [-0.4, -0.2) is 19.6 Å². The topological polar surface area (TPSA) is 4.44 Å². The first-order valence-corrected chi connectivity index (χ1v) is 5.37. The summed E-state index contributed by atoms with van der Waals surface area (Å²) in [5, 5.41) is 0. The molecule has 0 aromatic carbocycles. The highest BCUT2D eigenvalue weighted by Crippen LogP contribution is 2.48. The van der Waals surface area contributed by atoms with Crippen LogP contribution in [0.1, 0.15) is 40.0 Å². The van der Waals surface area contributed by atoms with Gasteiger partial charge >= 0.3 is 0 Å². The third kappa shape index (κ3) is 1.73. The first kappa shape index (κ1) is 11.3. The molecule has 0 saturated carbocycles. The van der Waals surface area contributed by atoms with Crippen LogP contribution in [0.5, 0.6) is 0 Å². The van der Waals surface area contributed by atoms with Crippen LogP contribution in [0.3, 0.4) is 0 Å². The van der Waals surface area contributed by atoms with Crippen LogP contribution in [0.15, 0.2) is 0 Å². The summed E-state index contributed by atoms with van der Waals surface area (Å²) in [5.74, 6) is 0. The van der Waals surface area contributed by atoms with E-state index in [9.17, 15) is 0 Å². The number of fused-ring (bicyclic) bond motifs is 3. The molecule has 2 heteroatoms. The summed E-state index contributed by atoms with van der Waals surface area (Å²) in [7, 11) is 0. The predicted molar refractivity (Wildman–Crippen MR) is 51.3 cm³/mol. The van der Waals surface area contributed by atoms with Crippen molar-refractivity contribution in [1.82, 2.24) is 0 Å². The van der Waals surface area contributed by atoms with Gasteiger partial charge in [-0.1, -0.05) is 20.8 Å². The molecule has 0 unspecified atom stereocenters. The second-order valence-electron chi connectivity index (χ2n) is 5.78.